The van der Waals surface area contributed by atoms with E-state index in [9.17, 15) is 9.18 Å². The molecular formula is C14H14ClFN2O. The third kappa shape index (κ3) is 2.38. The molecule has 1 aliphatic heterocycles. The highest BCUT2D eigenvalue weighted by Gasteiger charge is 2.38. The van der Waals surface area contributed by atoms with Crippen LogP contribution < -0.4 is 10.6 Å². The number of benzene rings is 1. The molecule has 2 aliphatic rings. The van der Waals surface area contributed by atoms with E-state index in [1.54, 1.807) is 12.1 Å². The zero-order chi connectivity index (χ0) is 13.4. The van der Waals surface area contributed by atoms with Crippen LogP contribution in [0.2, 0.25) is 5.02 Å². The zero-order valence-electron chi connectivity index (χ0n) is 10.2. The van der Waals surface area contributed by atoms with Crippen LogP contribution in [0.15, 0.2) is 30.4 Å². The molecule has 0 radical (unpaired) electrons. The van der Waals surface area contributed by atoms with E-state index in [0.29, 0.717) is 17.5 Å². The summed E-state index contributed by atoms with van der Waals surface area (Å²) in [6.07, 6.45) is 4.99. The van der Waals surface area contributed by atoms with Crippen molar-refractivity contribution < 1.29 is 9.18 Å². The Hall–Kier alpha value is -1.39. The molecule has 3 rings (SSSR count). The van der Waals surface area contributed by atoms with Crippen molar-refractivity contribution in [1.82, 2.24) is 10.6 Å². The summed E-state index contributed by atoms with van der Waals surface area (Å²) in [5, 5.41) is 6.06. The average molecular weight is 281 g/mol. The topological polar surface area (TPSA) is 41.1 Å². The lowest BCUT2D eigenvalue weighted by Gasteiger charge is -2.19. The number of hydrogen-bond donors (Lipinski definition) is 2. The van der Waals surface area contributed by atoms with Gasteiger partial charge in [-0.3, -0.25) is 10.1 Å². The lowest BCUT2D eigenvalue weighted by Crippen LogP contribution is -2.42. The van der Waals surface area contributed by atoms with Gasteiger partial charge in [-0.25, -0.2) is 4.39 Å². The first-order chi connectivity index (χ1) is 9.15. The maximum atomic E-state index is 13.7. The third-order valence-electron chi connectivity index (χ3n) is 3.73. The predicted octanol–water partition coefficient (Wildman–Crippen LogP) is 2.01. The normalized spacial score (nSPS) is 27.8. The van der Waals surface area contributed by atoms with Gasteiger partial charge in [0, 0.05) is 18.2 Å². The van der Waals surface area contributed by atoms with Gasteiger partial charge in [0.1, 0.15) is 5.82 Å². The van der Waals surface area contributed by atoms with Crippen LogP contribution in [0.25, 0.3) is 0 Å². The summed E-state index contributed by atoms with van der Waals surface area (Å²) in [6.45, 7) is 0.159. The summed E-state index contributed by atoms with van der Waals surface area (Å²) in [6, 6.07) is 4.93. The fraction of sp³-hybridized carbons (Fsp3) is 0.357. The van der Waals surface area contributed by atoms with Gasteiger partial charge in [0.05, 0.1) is 11.1 Å². The summed E-state index contributed by atoms with van der Waals surface area (Å²) in [7, 11) is 0. The van der Waals surface area contributed by atoms with E-state index in [1.807, 2.05) is 0 Å². The summed E-state index contributed by atoms with van der Waals surface area (Å²) in [4.78, 5) is 12.0. The second kappa shape index (κ2) is 4.94. The monoisotopic (exact) mass is 280 g/mol. The van der Waals surface area contributed by atoms with Crippen molar-refractivity contribution in [3.8, 4) is 0 Å². The number of carbonyl (C=O) groups is 1. The van der Waals surface area contributed by atoms with Crippen LogP contribution in [0.4, 0.5) is 4.39 Å². The number of fused-ring (bicyclic) bond motifs is 1. The van der Waals surface area contributed by atoms with Gasteiger partial charge in [-0.15, -0.1) is 0 Å². The third-order valence-corrected chi connectivity index (χ3v) is 4.02. The Balaban J connectivity index is 1.57. The molecule has 3 atom stereocenters. The fourth-order valence-corrected chi connectivity index (χ4v) is 2.72. The lowest BCUT2D eigenvalue weighted by atomic mass is 9.89. The van der Waals surface area contributed by atoms with Gasteiger partial charge in [-0.2, -0.15) is 0 Å². The zero-order valence-corrected chi connectivity index (χ0v) is 11.0. The molecular weight excluding hydrogens is 267 g/mol. The number of halogens is 2. The quantitative estimate of drug-likeness (QED) is 0.832. The molecule has 100 valence electrons. The summed E-state index contributed by atoms with van der Waals surface area (Å²) < 4.78 is 13.7. The van der Waals surface area contributed by atoms with E-state index in [4.69, 9.17) is 11.6 Å². The number of rotatable bonds is 3. The lowest BCUT2D eigenvalue weighted by molar-refractivity contribution is -0.123. The van der Waals surface area contributed by atoms with Crippen molar-refractivity contribution in [2.45, 2.75) is 25.0 Å². The van der Waals surface area contributed by atoms with Gasteiger partial charge in [0.15, 0.2) is 0 Å². The molecule has 1 heterocycles. The minimum Gasteiger partial charge on any atom is -0.351 e. The minimum atomic E-state index is -0.467. The summed E-state index contributed by atoms with van der Waals surface area (Å²) >= 11 is 5.69. The molecule has 1 saturated heterocycles. The van der Waals surface area contributed by atoms with Gasteiger partial charge >= 0.3 is 0 Å². The fourth-order valence-electron chi connectivity index (χ4n) is 2.53. The molecule has 0 saturated carbocycles. The molecule has 1 fully saturated rings. The van der Waals surface area contributed by atoms with E-state index in [1.165, 1.54) is 6.07 Å². The van der Waals surface area contributed by atoms with Crippen LogP contribution in [0.5, 0.6) is 0 Å². The highest BCUT2D eigenvalue weighted by molar-refractivity contribution is 6.30. The molecule has 1 aromatic rings. The van der Waals surface area contributed by atoms with E-state index < -0.39 is 5.82 Å². The highest BCUT2D eigenvalue weighted by atomic mass is 35.5. The van der Waals surface area contributed by atoms with Crippen molar-refractivity contribution in [3.63, 3.8) is 0 Å². The van der Waals surface area contributed by atoms with Crippen LogP contribution in [0.3, 0.4) is 0 Å². The van der Waals surface area contributed by atoms with Crippen molar-refractivity contribution in [2.75, 3.05) is 0 Å². The number of hydrogen-bond acceptors (Lipinski definition) is 2. The summed E-state index contributed by atoms with van der Waals surface area (Å²) in [5.74, 6) is -0.0835. The molecule has 3 nitrogen and oxygen atoms in total. The van der Waals surface area contributed by atoms with E-state index >= 15 is 0 Å². The van der Waals surface area contributed by atoms with Crippen molar-refractivity contribution in [1.29, 1.82) is 0 Å². The molecule has 2 N–H and O–H groups in total. The van der Waals surface area contributed by atoms with E-state index in [2.05, 4.69) is 22.8 Å². The minimum absolute atomic E-state index is 0.0768. The maximum absolute atomic E-state index is 13.7. The molecule has 1 amide bonds. The predicted molar refractivity (Wildman–Crippen MR) is 71.2 cm³/mol. The van der Waals surface area contributed by atoms with Crippen molar-refractivity contribution >= 4 is 17.5 Å². The second-order valence-electron chi connectivity index (χ2n) is 4.96. The van der Waals surface area contributed by atoms with Crippen LogP contribution in [0, 0.1) is 11.7 Å². The van der Waals surface area contributed by atoms with Crippen molar-refractivity contribution in [3.05, 3.63) is 46.8 Å². The average Bonchev–Trinajstić information content (AvgIpc) is 2.67. The largest absolute Gasteiger partial charge is 0.351 e. The number of nitrogens with one attached hydrogen (secondary N) is 2. The molecule has 19 heavy (non-hydrogen) atoms. The van der Waals surface area contributed by atoms with E-state index in [0.717, 1.165) is 6.42 Å². The first-order valence-corrected chi connectivity index (χ1v) is 6.68. The molecule has 1 aliphatic carbocycles. The summed E-state index contributed by atoms with van der Waals surface area (Å²) in [5.41, 5.74) is 0.403. The van der Waals surface area contributed by atoms with Crippen LogP contribution in [-0.4, -0.2) is 18.0 Å². The van der Waals surface area contributed by atoms with Gasteiger partial charge in [0.25, 0.3) is 0 Å². The first-order valence-electron chi connectivity index (χ1n) is 6.30. The smallest absolute Gasteiger partial charge is 0.237 e. The number of amides is 1. The van der Waals surface area contributed by atoms with Crippen molar-refractivity contribution in [2.24, 2.45) is 5.92 Å². The molecule has 3 unspecified atom stereocenters. The Bertz CT molecular complexity index is 532. The van der Waals surface area contributed by atoms with Gasteiger partial charge in [0.2, 0.25) is 5.91 Å². The molecule has 5 heteroatoms. The number of carbonyl (C=O) groups excluding carboxylic acids is 1. The standard InChI is InChI=1S/C14H14ClFN2O/c15-10-3-1-2-9(13(10)16)7-17-14(19)12-6-8-4-5-11(8)18-12/h1-5,8,11-12,18H,6-7H2,(H,17,19). The van der Waals surface area contributed by atoms with Gasteiger partial charge < -0.3 is 5.32 Å². The van der Waals surface area contributed by atoms with Crippen LogP contribution in [0.1, 0.15) is 12.0 Å². The van der Waals surface area contributed by atoms with Crippen LogP contribution in [-0.2, 0) is 11.3 Å². The van der Waals surface area contributed by atoms with Crippen LogP contribution >= 0.6 is 11.6 Å². The second-order valence-corrected chi connectivity index (χ2v) is 5.37. The Morgan fingerprint density at radius 1 is 1.47 bits per heavy atom. The van der Waals surface area contributed by atoms with Gasteiger partial charge in [-0.1, -0.05) is 35.9 Å². The maximum Gasteiger partial charge on any atom is 0.237 e. The molecule has 0 spiro atoms. The van der Waals surface area contributed by atoms with Gasteiger partial charge in [-0.05, 0) is 18.4 Å². The first kappa shape index (κ1) is 12.6. The Morgan fingerprint density at radius 2 is 2.32 bits per heavy atom. The Kier molecular flexibility index (Phi) is 3.29. The Labute approximate surface area is 115 Å². The molecule has 0 aromatic heterocycles. The Morgan fingerprint density at radius 3 is 2.95 bits per heavy atom. The SMILES string of the molecule is O=C(NCc1cccc(Cl)c1F)C1CC2C=CC2N1. The molecule has 1 aromatic carbocycles. The van der Waals surface area contributed by atoms with E-state index in [-0.39, 0.29) is 23.5 Å². The highest BCUT2D eigenvalue weighted by Crippen LogP contribution is 2.30. The molecule has 0 bridgehead atoms.